The standard InChI is InChI=1S/C29H26FN3O3/c30-22-14-12-20(13-15-22)17-31-29(35)16-28-32-25-9-3-4-10-26(25)33(28)18-23(34)19-36-27-11-5-7-21-6-1-2-8-24(21)27/h1-15,23,34H,16-19H2,(H,31,35). The molecule has 0 spiro atoms. The molecule has 7 heteroatoms. The summed E-state index contributed by atoms with van der Waals surface area (Å²) in [5.41, 5.74) is 2.39. The molecular formula is C29H26FN3O3. The van der Waals surface area contributed by atoms with E-state index in [1.54, 1.807) is 12.1 Å². The second-order valence-corrected chi connectivity index (χ2v) is 8.65. The van der Waals surface area contributed by atoms with Gasteiger partial charge in [0.15, 0.2) is 0 Å². The van der Waals surface area contributed by atoms with Crippen molar-refractivity contribution in [1.82, 2.24) is 14.9 Å². The summed E-state index contributed by atoms with van der Waals surface area (Å²) in [6.45, 7) is 0.614. The number of benzene rings is 4. The molecule has 0 bridgehead atoms. The number of rotatable bonds is 9. The van der Waals surface area contributed by atoms with E-state index in [4.69, 9.17) is 4.74 Å². The number of aliphatic hydroxyl groups excluding tert-OH is 1. The molecule has 36 heavy (non-hydrogen) atoms. The van der Waals surface area contributed by atoms with Gasteiger partial charge in [-0.2, -0.15) is 0 Å². The lowest BCUT2D eigenvalue weighted by atomic mass is 10.1. The number of hydrogen-bond donors (Lipinski definition) is 2. The van der Waals surface area contributed by atoms with Gasteiger partial charge in [-0.3, -0.25) is 4.79 Å². The molecule has 1 aromatic heterocycles. The van der Waals surface area contributed by atoms with Crippen LogP contribution >= 0.6 is 0 Å². The number of para-hydroxylation sites is 2. The number of amides is 1. The molecule has 0 saturated heterocycles. The van der Waals surface area contributed by atoms with Crippen molar-refractivity contribution in [1.29, 1.82) is 0 Å². The molecule has 2 N–H and O–H groups in total. The molecule has 1 heterocycles. The largest absolute Gasteiger partial charge is 0.490 e. The minimum absolute atomic E-state index is 0.0484. The first kappa shape index (κ1) is 23.5. The summed E-state index contributed by atoms with van der Waals surface area (Å²) in [6, 6.07) is 27.4. The lowest BCUT2D eigenvalue weighted by Gasteiger charge is -2.16. The van der Waals surface area contributed by atoms with Gasteiger partial charge < -0.3 is 19.7 Å². The normalized spacial score (nSPS) is 12.1. The predicted octanol–water partition coefficient (Wildman–Crippen LogP) is 4.63. The van der Waals surface area contributed by atoms with Crippen molar-refractivity contribution >= 4 is 27.7 Å². The quantitative estimate of drug-likeness (QED) is 0.321. The molecule has 0 radical (unpaired) electrons. The number of hydrogen-bond acceptors (Lipinski definition) is 4. The van der Waals surface area contributed by atoms with Crippen LogP contribution in [0.15, 0.2) is 91.0 Å². The van der Waals surface area contributed by atoms with E-state index in [0.29, 0.717) is 18.1 Å². The monoisotopic (exact) mass is 483 g/mol. The van der Waals surface area contributed by atoms with Crippen LogP contribution in [-0.4, -0.2) is 33.3 Å². The zero-order valence-electron chi connectivity index (χ0n) is 19.6. The molecule has 0 aliphatic heterocycles. The zero-order chi connectivity index (χ0) is 24.9. The van der Waals surface area contributed by atoms with E-state index in [9.17, 15) is 14.3 Å². The SMILES string of the molecule is O=C(Cc1nc2ccccc2n1CC(O)COc1cccc2ccccc12)NCc1ccc(F)cc1. The van der Waals surface area contributed by atoms with Crippen molar-refractivity contribution in [3.63, 3.8) is 0 Å². The van der Waals surface area contributed by atoms with Crippen LogP contribution in [0.3, 0.4) is 0 Å². The second-order valence-electron chi connectivity index (χ2n) is 8.65. The maximum Gasteiger partial charge on any atom is 0.227 e. The lowest BCUT2D eigenvalue weighted by Crippen LogP contribution is -2.28. The maximum atomic E-state index is 13.1. The van der Waals surface area contributed by atoms with Gasteiger partial charge in [-0.1, -0.05) is 60.7 Å². The third-order valence-electron chi connectivity index (χ3n) is 6.03. The Morgan fingerprint density at radius 2 is 1.72 bits per heavy atom. The molecular weight excluding hydrogens is 457 g/mol. The van der Waals surface area contributed by atoms with Gasteiger partial charge in [0, 0.05) is 11.9 Å². The molecule has 4 aromatic carbocycles. The van der Waals surface area contributed by atoms with Crippen LogP contribution in [0.25, 0.3) is 21.8 Å². The molecule has 5 aromatic rings. The van der Waals surface area contributed by atoms with Crippen molar-refractivity contribution < 1.29 is 19.0 Å². The van der Waals surface area contributed by atoms with Gasteiger partial charge in [-0.05, 0) is 41.3 Å². The van der Waals surface area contributed by atoms with Crippen molar-refractivity contribution in [3.8, 4) is 5.75 Å². The first-order chi connectivity index (χ1) is 17.6. The molecule has 5 rings (SSSR count). The Morgan fingerprint density at radius 3 is 2.58 bits per heavy atom. The number of imidazole rings is 1. The highest BCUT2D eigenvalue weighted by Gasteiger charge is 2.17. The van der Waals surface area contributed by atoms with Crippen LogP contribution < -0.4 is 10.1 Å². The Bertz CT molecular complexity index is 1490. The van der Waals surface area contributed by atoms with Crippen LogP contribution in [-0.2, 0) is 24.3 Å². The van der Waals surface area contributed by atoms with E-state index < -0.39 is 6.10 Å². The summed E-state index contributed by atoms with van der Waals surface area (Å²) in [7, 11) is 0. The number of ether oxygens (including phenoxy) is 1. The number of carbonyl (C=O) groups is 1. The predicted molar refractivity (Wildman–Crippen MR) is 137 cm³/mol. The van der Waals surface area contributed by atoms with Gasteiger partial charge in [0.25, 0.3) is 0 Å². The van der Waals surface area contributed by atoms with E-state index in [0.717, 1.165) is 27.4 Å². The molecule has 0 saturated carbocycles. The summed E-state index contributed by atoms with van der Waals surface area (Å²) < 4.78 is 20.9. The van der Waals surface area contributed by atoms with E-state index in [1.807, 2.05) is 71.3 Å². The van der Waals surface area contributed by atoms with Crippen molar-refractivity contribution in [3.05, 3.63) is 108 Å². The lowest BCUT2D eigenvalue weighted by molar-refractivity contribution is -0.120. The fourth-order valence-corrected chi connectivity index (χ4v) is 4.24. The Balaban J connectivity index is 1.28. The molecule has 0 aliphatic rings. The summed E-state index contributed by atoms with van der Waals surface area (Å²) in [5.74, 6) is 0.735. The van der Waals surface area contributed by atoms with Crippen molar-refractivity contribution in [2.24, 2.45) is 0 Å². The van der Waals surface area contributed by atoms with Gasteiger partial charge in [-0.15, -0.1) is 0 Å². The summed E-state index contributed by atoms with van der Waals surface area (Å²) in [4.78, 5) is 17.3. The van der Waals surface area contributed by atoms with Gasteiger partial charge in [0.2, 0.25) is 5.91 Å². The third-order valence-corrected chi connectivity index (χ3v) is 6.03. The fourth-order valence-electron chi connectivity index (χ4n) is 4.24. The van der Waals surface area contributed by atoms with Crippen LogP contribution in [0, 0.1) is 5.82 Å². The molecule has 1 amide bonds. The number of nitrogens with one attached hydrogen (secondary N) is 1. The molecule has 0 aliphatic carbocycles. The summed E-state index contributed by atoms with van der Waals surface area (Å²) in [5, 5.41) is 15.7. The Hall–Kier alpha value is -4.23. The van der Waals surface area contributed by atoms with Gasteiger partial charge in [0.05, 0.1) is 24.0 Å². The topological polar surface area (TPSA) is 76.4 Å². The average Bonchev–Trinajstić information content (AvgIpc) is 3.23. The average molecular weight is 484 g/mol. The first-order valence-corrected chi connectivity index (χ1v) is 11.8. The number of halogens is 1. The van der Waals surface area contributed by atoms with E-state index in [2.05, 4.69) is 10.3 Å². The highest BCUT2D eigenvalue weighted by atomic mass is 19.1. The molecule has 182 valence electrons. The van der Waals surface area contributed by atoms with Crippen LogP contribution in [0.5, 0.6) is 5.75 Å². The Kier molecular flexibility index (Phi) is 6.91. The number of nitrogens with zero attached hydrogens (tertiary/aromatic N) is 2. The van der Waals surface area contributed by atoms with Gasteiger partial charge in [0.1, 0.15) is 30.1 Å². The summed E-state index contributed by atoms with van der Waals surface area (Å²) in [6.07, 6.45) is -0.769. The third kappa shape index (κ3) is 5.37. The Labute approximate surface area is 208 Å². The zero-order valence-corrected chi connectivity index (χ0v) is 19.6. The van der Waals surface area contributed by atoms with Crippen LogP contribution in [0.1, 0.15) is 11.4 Å². The minimum atomic E-state index is -0.817. The van der Waals surface area contributed by atoms with E-state index in [-0.39, 0.29) is 31.3 Å². The molecule has 1 unspecified atom stereocenters. The first-order valence-electron chi connectivity index (χ1n) is 11.8. The number of aromatic nitrogens is 2. The molecule has 0 fully saturated rings. The fraction of sp³-hybridized carbons (Fsp3) is 0.172. The van der Waals surface area contributed by atoms with Crippen molar-refractivity contribution in [2.75, 3.05) is 6.61 Å². The number of carbonyl (C=O) groups excluding carboxylic acids is 1. The highest BCUT2D eigenvalue weighted by molar-refractivity contribution is 5.88. The van der Waals surface area contributed by atoms with Crippen LogP contribution in [0.2, 0.25) is 0 Å². The van der Waals surface area contributed by atoms with Gasteiger partial charge in [-0.25, -0.2) is 9.37 Å². The van der Waals surface area contributed by atoms with E-state index >= 15 is 0 Å². The van der Waals surface area contributed by atoms with E-state index in [1.165, 1.54) is 12.1 Å². The summed E-state index contributed by atoms with van der Waals surface area (Å²) >= 11 is 0. The van der Waals surface area contributed by atoms with Crippen LogP contribution in [0.4, 0.5) is 4.39 Å². The smallest absolute Gasteiger partial charge is 0.227 e. The molecule has 1 atom stereocenters. The number of fused-ring (bicyclic) bond motifs is 2. The minimum Gasteiger partial charge on any atom is -0.490 e. The van der Waals surface area contributed by atoms with Gasteiger partial charge >= 0.3 is 0 Å². The maximum absolute atomic E-state index is 13.1. The van der Waals surface area contributed by atoms with Crippen molar-refractivity contribution in [2.45, 2.75) is 25.6 Å². The number of aliphatic hydroxyl groups is 1. The highest BCUT2D eigenvalue weighted by Crippen LogP contribution is 2.25. The Morgan fingerprint density at radius 1 is 0.972 bits per heavy atom. The second kappa shape index (κ2) is 10.6. The molecule has 6 nitrogen and oxygen atoms in total.